The third-order valence-corrected chi connectivity index (χ3v) is 5.51. The van der Waals surface area contributed by atoms with E-state index in [2.05, 4.69) is 28.8 Å². The number of methoxy groups -OCH3 is 1. The molecule has 1 atom stereocenters. The number of carbonyl (C=O) groups excluding carboxylic acids is 1. The van der Waals surface area contributed by atoms with E-state index in [9.17, 15) is 4.79 Å². The Morgan fingerprint density at radius 3 is 2.87 bits per heavy atom. The Hall–Kier alpha value is -1.55. The van der Waals surface area contributed by atoms with Crippen molar-refractivity contribution in [3.8, 4) is 5.75 Å². The van der Waals surface area contributed by atoms with Gasteiger partial charge in [-0.3, -0.25) is 4.79 Å². The third-order valence-electron chi connectivity index (χ3n) is 5.51. The fourth-order valence-corrected chi connectivity index (χ4v) is 4.05. The van der Waals surface area contributed by atoms with Gasteiger partial charge in [0, 0.05) is 18.5 Å². The lowest BCUT2D eigenvalue weighted by atomic mass is 9.78. The maximum Gasteiger partial charge on any atom is 0.224 e. The predicted octanol–water partition coefficient (Wildman–Crippen LogP) is 2.62. The van der Waals surface area contributed by atoms with Crippen LogP contribution in [0.2, 0.25) is 0 Å². The van der Waals surface area contributed by atoms with E-state index in [4.69, 9.17) is 4.74 Å². The van der Waals surface area contributed by atoms with Crippen LogP contribution in [-0.2, 0) is 10.2 Å². The van der Waals surface area contributed by atoms with Gasteiger partial charge in [0.2, 0.25) is 5.91 Å². The molecule has 2 N–H and O–H groups in total. The molecule has 1 aliphatic heterocycles. The summed E-state index contributed by atoms with van der Waals surface area (Å²) in [4.78, 5) is 12.5. The van der Waals surface area contributed by atoms with Gasteiger partial charge in [-0.15, -0.1) is 0 Å². The summed E-state index contributed by atoms with van der Waals surface area (Å²) in [6.45, 7) is 2.60. The van der Waals surface area contributed by atoms with Crippen LogP contribution in [0.5, 0.6) is 5.75 Å². The Labute approximate surface area is 139 Å². The van der Waals surface area contributed by atoms with Gasteiger partial charge >= 0.3 is 0 Å². The second kappa shape index (κ2) is 7.35. The molecule has 4 heteroatoms. The highest BCUT2D eigenvalue weighted by Gasteiger charge is 2.36. The summed E-state index contributed by atoms with van der Waals surface area (Å²) in [6.07, 6.45) is 6.85. The molecule has 4 nitrogen and oxygen atoms in total. The maximum absolute atomic E-state index is 12.5. The van der Waals surface area contributed by atoms with E-state index in [1.165, 1.54) is 18.4 Å². The fraction of sp³-hybridized carbons (Fsp3) is 0.632. The van der Waals surface area contributed by atoms with E-state index < -0.39 is 0 Å². The van der Waals surface area contributed by atoms with Crippen LogP contribution in [0, 0.1) is 5.92 Å². The second-order valence-electron chi connectivity index (χ2n) is 6.98. The van der Waals surface area contributed by atoms with E-state index in [1.807, 2.05) is 6.07 Å². The largest absolute Gasteiger partial charge is 0.497 e. The molecule has 0 bridgehead atoms. The van der Waals surface area contributed by atoms with E-state index in [0.29, 0.717) is 0 Å². The molecule has 1 unspecified atom stereocenters. The smallest absolute Gasteiger partial charge is 0.224 e. The quantitative estimate of drug-likeness (QED) is 0.878. The minimum Gasteiger partial charge on any atom is -0.497 e. The summed E-state index contributed by atoms with van der Waals surface area (Å²) in [5, 5.41) is 6.57. The number of amides is 1. The minimum atomic E-state index is 0.0757. The summed E-state index contributed by atoms with van der Waals surface area (Å²) < 4.78 is 5.38. The normalized spacial score (nSPS) is 23.4. The molecule has 0 spiro atoms. The van der Waals surface area contributed by atoms with Crippen LogP contribution >= 0.6 is 0 Å². The monoisotopic (exact) mass is 316 g/mol. The van der Waals surface area contributed by atoms with Gasteiger partial charge in [0.05, 0.1) is 13.0 Å². The molecule has 1 saturated heterocycles. The summed E-state index contributed by atoms with van der Waals surface area (Å²) in [7, 11) is 1.71. The Kier molecular flexibility index (Phi) is 5.21. The van der Waals surface area contributed by atoms with Crippen molar-refractivity contribution < 1.29 is 9.53 Å². The molecular weight excluding hydrogens is 288 g/mol. The standard InChI is InChI=1S/C19H28N2O2/c1-23-17-8-4-7-16(12-17)19(9-2-3-10-19)14-21-18(22)15-6-5-11-20-13-15/h4,7-8,12,15,20H,2-3,5-6,9-11,13-14H2,1H3,(H,21,22). The van der Waals surface area contributed by atoms with Gasteiger partial charge in [0.25, 0.3) is 0 Å². The number of hydrogen-bond donors (Lipinski definition) is 2. The van der Waals surface area contributed by atoms with Crippen LogP contribution in [0.15, 0.2) is 24.3 Å². The number of piperidine rings is 1. The third kappa shape index (κ3) is 3.69. The Morgan fingerprint density at radius 1 is 1.35 bits per heavy atom. The molecule has 2 aliphatic rings. The first-order chi connectivity index (χ1) is 11.2. The maximum atomic E-state index is 12.5. The highest BCUT2D eigenvalue weighted by molar-refractivity contribution is 5.79. The lowest BCUT2D eigenvalue weighted by molar-refractivity contribution is -0.125. The van der Waals surface area contributed by atoms with Gasteiger partial charge in [-0.2, -0.15) is 0 Å². The number of benzene rings is 1. The zero-order valence-corrected chi connectivity index (χ0v) is 14.1. The Balaban J connectivity index is 1.69. The number of rotatable bonds is 5. The van der Waals surface area contributed by atoms with Gasteiger partial charge in [-0.25, -0.2) is 0 Å². The summed E-state index contributed by atoms with van der Waals surface area (Å²) in [6, 6.07) is 8.36. The van der Waals surface area contributed by atoms with Crippen molar-refractivity contribution in [2.24, 2.45) is 5.92 Å². The molecule has 1 aromatic rings. The number of ether oxygens (including phenoxy) is 1. The van der Waals surface area contributed by atoms with Gasteiger partial charge < -0.3 is 15.4 Å². The van der Waals surface area contributed by atoms with Crippen molar-refractivity contribution in [2.45, 2.75) is 43.9 Å². The van der Waals surface area contributed by atoms with E-state index >= 15 is 0 Å². The summed E-state index contributed by atoms with van der Waals surface area (Å²) in [5.74, 6) is 1.25. The first-order valence-electron chi connectivity index (χ1n) is 8.86. The molecule has 1 amide bonds. The highest BCUT2D eigenvalue weighted by atomic mass is 16.5. The zero-order chi connectivity index (χ0) is 16.1. The van der Waals surface area contributed by atoms with Crippen LogP contribution in [0.25, 0.3) is 0 Å². The van der Waals surface area contributed by atoms with Crippen molar-refractivity contribution in [3.05, 3.63) is 29.8 Å². The second-order valence-corrected chi connectivity index (χ2v) is 6.98. The van der Waals surface area contributed by atoms with Gasteiger partial charge in [-0.05, 0) is 49.9 Å². The molecular formula is C19H28N2O2. The Bertz CT molecular complexity index is 532. The molecule has 1 aromatic carbocycles. The topological polar surface area (TPSA) is 50.4 Å². The summed E-state index contributed by atoms with van der Waals surface area (Å²) >= 11 is 0. The molecule has 23 heavy (non-hydrogen) atoms. The average molecular weight is 316 g/mol. The number of hydrogen-bond acceptors (Lipinski definition) is 3. The lowest BCUT2D eigenvalue weighted by Crippen LogP contribution is -2.45. The minimum absolute atomic E-state index is 0.0757. The highest BCUT2D eigenvalue weighted by Crippen LogP contribution is 2.41. The van der Waals surface area contributed by atoms with Crippen LogP contribution in [0.4, 0.5) is 0 Å². The van der Waals surface area contributed by atoms with Crippen LogP contribution in [-0.4, -0.2) is 32.7 Å². The van der Waals surface area contributed by atoms with Gasteiger partial charge in [0.15, 0.2) is 0 Å². The SMILES string of the molecule is COc1cccc(C2(CNC(=O)C3CCCNC3)CCCC2)c1. The first kappa shape index (κ1) is 16.3. The molecule has 126 valence electrons. The van der Waals surface area contributed by atoms with E-state index in [-0.39, 0.29) is 17.2 Å². The van der Waals surface area contributed by atoms with Crippen molar-refractivity contribution in [3.63, 3.8) is 0 Å². The molecule has 1 heterocycles. The zero-order valence-electron chi connectivity index (χ0n) is 14.1. The van der Waals surface area contributed by atoms with Crippen molar-refractivity contribution in [1.29, 1.82) is 0 Å². The van der Waals surface area contributed by atoms with Crippen molar-refractivity contribution in [1.82, 2.24) is 10.6 Å². The van der Waals surface area contributed by atoms with Crippen LogP contribution in [0.1, 0.15) is 44.1 Å². The number of nitrogens with one attached hydrogen (secondary N) is 2. The Morgan fingerprint density at radius 2 is 2.17 bits per heavy atom. The molecule has 2 fully saturated rings. The van der Waals surface area contributed by atoms with Crippen molar-refractivity contribution in [2.75, 3.05) is 26.7 Å². The first-order valence-corrected chi connectivity index (χ1v) is 8.86. The van der Waals surface area contributed by atoms with Gasteiger partial charge in [0.1, 0.15) is 5.75 Å². The van der Waals surface area contributed by atoms with Gasteiger partial charge in [-0.1, -0.05) is 25.0 Å². The summed E-state index contributed by atoms with van der Waals surface area (Å²) in [5.41, 5.74) is 1.38. The number of carbonyl (C=O) groups is 1. The van der Waals surface area contributed by atoms with Crippen LogP contribution < -0.4 is 15.4 Å². The molecule has 1 saturated carbocycles. The molecule has 1 aliphatic carbocycles. The molecule has 0 radical (unpaired) electrons. The molecule has 0 aromatic heterocycles. The van der Waals surface area contributed by atoms with E-state index in [0.717, 1.165) is 51.1 Å². The van der Waals surface area contributed by atoms with E-state index in [1.54, 1.807) is 7.11 Å². The van der Waals surface area contributed by atoms with Crippen LogP contribution in [0.3, 0.4) is 0 Å². The average Bonchev–Trinajstić information content (AvgIpc) is 3.11. The lowest BCUT2D eigenvalue weighted by Gasteiger charge is -2.31. The van der Waals surface area contributed by atoms with Crippen molar-refractivity contribution >= 4 is 5.91 Å². The molecule has 3 rings (SSSR count). The predicted molar refractivity (Wildman–Crippen MR) is 91.7 cm³/mol. The fourth-order valence-electron chi connectivity index (χ4n) is 4.05.